The number of aromatic nitrogens is 2. The molecule has 0 saturated carbocycles. The summed E-state index contributed by atoms with van der Waals surface area (Å²) in [4.78, 5) is 17.6. The zero-order valence-corrected chi connectivity index (χ0v) is 20.6. The van der Waals surface area contributed by atoms with Gasteiger partial charge in [-0.15, -0.1) is 0 Å². The average Bonchev–Trinajstić information content (AvgIpc) is 3.06. The number of hydrogen-bond donors (Lipinski definition) is 2. The lowest BCUT2D eigenvalue weighted by Crippen LogP contribution is -2.36. The molecule has 1 heterocycles. The van der Waals surface area contributed by atoms with Crippen LogP contribution in [0.25, 0.3) is 0 Å². The number of carbonyl (C=O) groups excluding carboxylic acids is 1. The lowest BCUT2D eigenvalue weighted by Gasteiger charge is -2.19. The van der Waals surface area contributed by atoms with Crippen molar-refractivity contribution < 1.29 is 4.79 Å². The van der Waals surface area contributed by atoms with E-state index in [0.29, 0.717) is 18.1 Å². The minimum atomic E-state index is -0.191. The molecule has 33 heavy (non-hydrogen) atoms. The molecule has 174 valence electrons. The summed E-state index contributed by atoms with van der Waals surface area (Å²) < 4.78 is 2.01. The Morgan fingerprint density at radius 3 is 2.27 bits per heavy atom. The molecule has 2 N–H and O–H groups in total. The molecule has 0 bridgehead atoms. The highest BCUT2D eigenvalue weighted by Crippen LogP contribution is 2.22. The fourth-order valence-corrected chi connectivity index (χ4v) is 3.75. The molecule has 3 rings (SSSR count). The molecule has 3 aromatic rings. The average molecular weight is 446 g/mol. The number of carbonyl (C=O) groups is 1. The van der Waals surface area contributed by atoms with Crippen molar-refractivity contribution in [2.75, 3.05) is 11.9 Å². The van der Waals surface area contributed by atoms with Crippen molar-refractivity contribution in [2.45, 2.75) is 59.9 Å². The third-order valence-corrected chi connectivity index (χ3v) is 5.74. The van der Waals surface area contributed by atoms with E-state index in [0.717, 1.165) is 24.3 Å². The van der Waals surface area contributed by atoms with Crippen LogP contribution in [0.2, 0.25) is 0 Å². The summed E-state index contributed by atoms with van der Waals surface area (Å²) in [6.07, 6.45) is 0.758. The Morgan fingerprint density at radius 1 is 1.03 bits per heavy atom. The van der Waals surface area contributed by atoms with E-state index in [4.69, 9.17) is 4.99 Å². The molecule has 0 radical (unpaired) electrons. The maximum atomic E-state index is 12.9. The molecule has 0 fully saturated rings. The molecule has 6 heteroatoms. The molecule has 2 aromatic carbocycles. The van der Waals surface area contributed by atoms with Crippen molar-refractivity contribution in [3.8, 4) is 0 Å². The quantitative estimate of drug-likeness (QED) is 0.402. The van der Waals surface area contributed by atoms with E-state index in [-0.39, 0.29) is 11.3 Å². The third kappa shape index (κ3) is 6.31. The van der Waals surface area contributed by atoms with Gasteiger partial charge in [-0.05, 0) is 68.0 Å². The number of para-hydroxylation sites is 1. The lowest BCUT2D eigenvalue weighted by atomic mass is 9.87. The maximum absolute atomic E-state index is 12.9. The first-order chi connectivity index (χ1) is 15.7. The summed E-state index contributed by atoms with van der Waals surface area (Å²) in [5.74, 6) is 0.244. The summed E-state index contributed by atoms with van der Waals surface area (Å²) >= 11 is 0. The number of amides is 1. The van der Waals surface area contributed by atoms with Gasteiger partial charge in [0.05, 0.1) is 5.69 Å². The Bertz CT molecular complexity index is 1110. The second kappa shape index (κ2) is 10.5. The van der Waals surface area contributed by atoms with E-state index in [9.17, 15) is 4.79 Å². The van der Waals surface area contributed by atoms with Crippen LogP contribution in [0.5, 0.6) is 0 Å². The molecule has 0 saturated heterocycles. The molecule has 1 amide bonds. The first kappa shape index (κ1) is 24.2. The van der Waals surface area contributed by atoms with Crippen molar-refractivity contribution in [3.05, 3.63) is 82.7 Å². The number of nitrogens with zero attached hydrogens (tertiary/aromatic N) is 3. The standard InChI is InChI=1S/C27H35N5O/c1-7-32-20(3)24(19(2)31-32)17-18-28-26(29-23-11-9-8-10-12-23)30-25(33)21-13-15-22(16-14-21)27(4,5)6/h8-16H,7,17-18H2,1-6H3,(H2,28,29,30,33). The van der Waals surface area contributed by atoms with Crippen molar-refractivity contribution in [1.29, 1.82) is 0 Å². The summed E-state index contributed by atoms with van der Waals surface area (Å²) in [5, 5.41) is 10.8. The van der Waals surface area contributed by atoms with Gasteiger partial charge in [-0.1, -0.05) is 51.1 Å². The van der Waals surface area contributed by atoms with Gasteiger partial charge in [0.2, 0.25) is 5.96 Å². The smallest absolute Gasteiger partial charge is 0.257 e. The van der Waals surface area contributed by atoms with Gasteiger partial charge in [-0.2, -0.15) is 5.10 Å². The van der Waals surface area contributed by atoms with E-state index in [1.54, 1.807) is 0 Å². The number of aliphatic imine (C=N–C) groups is 1. The number of nitrogens with one attached hydrogen (secondary N) is 2. The zero-order valence-electron chi connectivity index (χ0n) is 20.6. The van der Waals surface area contributed by atoms with E-state index in [1.165, 1.54) is 16.8 Å². The van der Waals surface area contributed by atoms with Gasteiger partial charge in [0.25, 0.3) is 5.91 Å². The lowest BCUT2D eigenvalue weighted by molar-refractivity contribution is 0.0977. The monoisotopic (exact) mass is 445 g/mol. The molecule has 1 aromatic heterocycles. The molecule has 0 atom stereocenters. The summed E-state index contributed by atoms with van der Waals surface area (Å²) in [7, 11) is 0. The van der Waals surface area contributed by atoms with Gasteiger partial charge in [0.1, 0.15) is 0 Å². The predicted molar refractivity (Wildman–Crippen MR) is 136 cm³/mol. The van der Waals surface area contributed by atoms with Crippen LogP contribution in [0.4, 0.5) is 5.69 Å². The van der Waals surface area contributed by atoms with E-state index in [2.05, 4.69) is 50.4 Å². The Morgan fingerprint density at radius 2 is 1.70 bits per heavy atom. The van der Waals surface area contributed by atoms with Crippen LogP contribution in [0.1, 0.15) is 60.6 Å². The fraction of sp³-hybridized carbons (Fsp3) is 0.370. The second-order valence-electron chi connectivity index (χ2n) is 9.22. The van der Waals surface area contributed by atoms with Crippen LogP contribution in [-0.2, 0) is 18.4 Å². The predicted octanol–water partition coefficient (Wildman–Crippen LogP) is 5.26. The highest BCUT2D eigenvalue weighted by atomic mass is 16.1. The maximum Gasteiger partial charge on any atom is 0.257 e. The molecule has 0 aliphatic carbocycles. The van der Waals surface area contributed by atoms with E-state index in [1.807, 2.05) is 66.2 Å². The van der Waals surface area contributed by atoms with Gasteiger partial charge < -0.3 is 5.32 Å². The highest BCUT2D eigenvalue weighted by molar-refractivity contribution is 6.09. The van der Waals surface area contributed by atoms with Crippen LogP contribution in [0.3, 0.4) is 0 Å². The molecule has 0 unspecified atom stereocenters. The van der Waals surface area contributed by atoms with Gasteiger partial charge in [-0.25, -0.2) is 0 Å². The Kier molecular flexibility index (Phi) is 7.69. The van der Waals surface area contributed by atoms with E-state index >= 15 is 0 Å². The highest BCUT2D eigenvalue weighted by Gasteiger charge is 2.15. The largest absolute Gasteiger partial charge is 0.326 e. The Balaban J connectivity index is 1.76. The van der Waals surface area contributed by atoms with Crippen LogP contribution in [0, 0.1) is 13.8 Å². The first-order valence-electron chi connectivity index (χ1n) is 11.5. The number of rotatable bonds is 6. The first-order valence-corrected chi connectivity index (χ1v) is 11.5. The van der Waals surface area contributed by atoms with Crippen molar-refractivity contribution in [1.82, 2.24) is 15.1 Å². The van der Waals surface area contributed by atoms with Crippen LogP contribution in [-0.4, -0.2) is 28.2 Å². The van der Waals surface area contributed by atoms with Crippen LogP contribution >= 0.6 is 0 Å². The second-order valence-corrected chi connectivity index (χ2v) is 9.22. The SMILES string of the molecule is CCn1nc(C)c(CCN=C(NC(=O)c2ccc(C(C)(C)C)cc2)Nc2ccccc2)c1C. The summed E-state index contributed by atoms with van der Waals surface area (Å²) in [6, 6.07) is 17.5. The number of guanidine groups is 1. The van der Waals surface area contributed by atoms with Crippen LogP contribution < -0.4 is 10.6 Å². The molecule has 0 spiro atoms. The van der Waals surface area contributed by atoms with Crippen molar-refractivity contribution in [2.24, 2.45) is 4.99 Å². The molecular weight excluding hydrogens is 410 g/mol. The minimum absolute atomic E-state index is 0.0400. The van der Waals surface area contributed by atoms with Crippen molar-refractivity contribution >= 4 is 17.6 Å². The summed E-state index contributed by atoms with van der Waals surface area (Å²) in [6.45, 7) is 14.1. The van der Waals surface area contributed by atoms with Gasteiger partial charge >= 0.3 is 0 Å². The van der Waals surface area contributed by atoms with Gasteiger partial charge in [0, 0.05) is 30.0 Å². The molecule has 0 aliphatic heterocycles. The van der Waals surface area contributed by atoms with Gasteiger partial charge in [0.15, 0.2) is 0 Å². The number of anilines is 1. The van der Waals surface area contributed by atoms with Gasteiger partial charge in [-0.3, -0.25) is 19.8 Å². The number of hydrogen-bond acceptors (Lipinski definition) is 3. The number of aryl methyl sites for hydroxylation is 2. The molecular formula is C27H35N5O. The van der Waals surface area contributed by atoms with Crippen LogP contribution in [0.15, 0.2) is 59.6 Å². The number of benzene rings is 2. The minimum Gasteiger partial charge on any atom is -0.326 e. The third-order valence-electron chi connectivity index (χ3n) is 5.74. The molecule has 0 aliphatic rings. The zero-order chi connectivity index (χ0) is 24.0. The molecule has 6 nitrogen and oxygen atoms in total. The van der Waals surface area contributed by atoms with E-state index < -0.39 is 0 Å². The van der Waals surface area contributed by atoms with Crippen molar-refractivity contribution in [3.63, 3.8) is 0 Å². The topological polar surface area (TPSA) is 71.3 Å². The Labute approximate surface area is 197 Å². The summed E-state index contributed by atoms with van der Waals surface area (Å²) in [5.41, 5.74) is 6.11. The Hall–Kier alpha value is -3.41. The fourth-order valence-electron chi connectivity index (χ4n) is 3.75. The normalized spacial score (nSPS) is 12.0.